The third kappa shape index (κ3) is 2.23. The van der Waals surface area contributed by atoms with Gasteiger partial charge < -0.3 is 4.74 Å². The van der Waals surface area contributed by atoms with Gasteiger partial charge >= 0.3 is 0 Å². The average Bonchev–Trinajstić information content (AvgIpc) is 2.38. The molecule has 1 aromatic carbocycles. The van der Waals surface area contributed by atoms with Gasteiger partial charge in [0.1, 0.15) is 0 Å². The molecule has 0 spiro atoms. The van der Waals surface area contributed by atoms with Crippen molar-refractivity contribution in [3.05, 3.63) is 34.6 Å². The standard InChI is InChI=1S/C10H10N4O3/c11-12-8(15)5-17-10-7-4-2-1-3-6(7)9(16)13-14-10/h1-4H,5,11H2,(H,12,15)(H,13,16). The van der Waals surface area contributed by atoms with Gasteiger partial charge in [0.25, 0.3) is 11.5 Å². The number of aromatic nitrogens is 2. The van der Waals surface area contributed by atoms with E-state index in [0.717, 1.165) is 0 Å². The number of aromatic amines is 1. The Labute approximate surface area is 95.5 Å². The van der Waals surface area contributed by atoms with Crippen molar-refractivity contribution in [2.45, 2.75) is 0 Å². The van der Waals surface area contributed by atoms with Crippen LogP contribution in [0, 0.1) is 0 Å². The van der Waals surface area contributed by atoms with Crippen molar-refractivity contribution in [3.8, 4) is 5.88 Å². The molecule has 7 nitrogen and oxygen atoms in total. The highest BCUT2D eigenvalue weighted by molar-refractivity contribution is 5.86. The number of carbonyl (C=O) groups excluding carboxylic acids is 1. The van der Waals surface area contributed by atoms with Gasteiger partial charge in [-0.15, -0.1) is 5.10 Å². The van der Waals surface area contributed by atoms with E-state index in [1.807, 2.05) is 5.43 Å². The van der Waals surface area contributed by atoms with Crippen LogP contribution < -0.4 is 21.6 Å². The Morgan fingerprint density at radius 3 is 2.82 bits per heavy atom. The van der Waals surface area contributed by atoms with Crippen LogP contribution in [0.3, 0.4) is 0 Å². The Kier molecular flexibility index (Phi) is 3.01. The van der Waals surface area contributed by atoms with Crippen molar-refractivity contribution in [2.24, 2.45) is 5.84 Å². The quantitative estimate of drug-likeness (QED) is 0.369. The van der Waals surface area contributed by atoms with E-state index in [0.29, 0.717) is 10.8 Å². The molecule has 0 saturated carbocycles. The summed E-state index contributed by atoms with van der Waals surface area (Å²) in [6, 6.07) is 6.81. The fraction of sp³-hybridized carbons (Fsp3) is 0.100. The number of nitrogens with two attached hydrogens (primary N) is 1. The number of hydrogen-bond donors (Lipinski definition) is 3. The highest BCUT2D eigenvalue weighted by Gasteiger charge is 2.08. The third-order valence-corrected chi connectivity index (χ3v) is 2.16. The number of nitrogens with one attached hydrogen (secondary N) is 2. The Morgan fingerprint density at radius 2 is 2.12 bits per heavy atom. The molecular weight excluding hydrogens is 224 g/mol. The molecule has 1 heterocycles. The Bertz CT molecular complexity index is 608. The summed E-state index contributed by atoms with van der Waals surface area (Å²) in [5.74, 6) is 4.62. The van der Waals surface area contributed by atoms with Gasteiger partial charge in [-0.25, -0.2) is 10.9 Å². The van der Waals surface area contributed by atoms with E-state index in [2.05, 4.69) is 10.2 Å². The van der Waals surface area contributed by atoms with E-state index in [4.69, 9.17) is 10.6 Å². The van der Waals surface area contributed by atoms with E-state index in [9.17, 15) is 9.59 Å². The zero-order valence-corrected chi connectivity index (χ0v) is 8.77. The molecule has 4 N–H and O–H groups in total. The molecule has 1 aromatic heterocycles. The van der Waals surface area contributed by atoms with E-state index in [-0.39, 0.29) is 18.0 Å². The van der Waals surface area contributed by atoms with Gasteiger partial charge in [0.05, 0.1) is 10.8 Å². The van der Waals surface area contributed by atoms with Gasteiger partial charge in [-0.3, -0.25) is 15.0 Å². The summed E-state index contributed by atoms with van der Waals surface area (Å²) in [5.41, 5.74) is 1.62. The molecule has 7 heteroatoms. The van der Waals surface area contributed by atoms with E-state index >= 15 is 0 Å². The first-order chi connectivity index (χ1) is 8.22. The predicted octanol–water partition coefficient (Wildman–Crippen LogP) is -0.708. The van der Waals surface area contributed by atoms with Gasteiger partial charge in [-0.05, 0) is 12.1 Å². The van der Waals surface area contributed by atoms with Crippen molar-refractivity contribution in [2.75, 3.05) is 6.61 Å². The van der Waals surface area contributed by atoms with Crippen LogP contribution >= 0.6 is 0 Å². The SMILES string of the molecule is NNC(=O)COc1n[nH]c(=O)c2ccccc12. The molecule has 2 aromatic rings. The highest BCUT2D eigenvalue weighted by Crippen LogP contribution is 2.18. The minimum atomic E-state index is -0.484. The van der Waals surface area contributed by atoms with E-state index < -0.39 is 5.91 Å². The lowest BCUT2D eigenvalue weighted by molar-refractivity contribution is -0.123. The second-order valence-corrected chi connectivity index (χ2v) is 3.26. The zero-order valence-electron chi connectivity index (χ0n) is 8.77. The molecule has 0 atom stereocenters. The number of carbonyl (C=O) groups is 1. The second-order valence-electron chi connectivity index (χ2n) is 3.26. The Hall–Kier alpha value is -2.41. The zero-order chi connectivity index (χ0) is 12.3. The second kappa shape index (κ2) is 4.62. The monoisotopic (exact) mass is 234 g/mol. The first-order valence-corrected chi connectivity index (χ1v) is 4.82. The maximum atomic E-state index is 11.5. The number of amides is 1. The molecule has 0 fully saturated rings. The number of benzene rings is 1. The van der Waals surface area contributed by atoms with Crippen LogP contribution in [0.15, 0.2) is 29.1 Å². The molecule has 0 aliphatic heterocycles. The van der Waals surface area contributed by atoms with Crippen LogP contribution in [0.2, 0.25) is 0 Å². The fourth-order valence-corrected chi connectivity index (χ4v) is 1.38. The molecule has 1 amide bonds. The molecule has 88 valence electrons. The Morgan fingerprint density at radius 1 is 1.41 bits per heavy atom. The lowest BCUT2D eigenvalue weighted by atomic mass is 10.2. The van der Waals surface area contributed by atoms with Gasteiger partial charge in [-0.2, -0.15) is 0 Å². The van der Waals surface area contributed by atoms with Crippen LogP contribution in [-0.2, 0) is 4.79 Å². The molecule has 0 aliphatic rings. The molecule has 0 aliphatic carbocycles. The summed E-state index contributed by atoms with van der Waals surface area (Å²) in [7, 11) is 0. The summed E-state index contributed by atoms with van der Waals surface area (Å²) < 4.78 is 5.15. The number of ether oxygens (including phenoxy) is 1. The largest absolute Gasteiger partial charge is 0.466 e. The fourth-order valence-electron chi connectivity index (χ4n) is 1.38. The minimum Gasteiger partial charge on any atom is -0.466 e. The molecule has 0 unspecified atom stereocenters. The predicted molar refractivity (Wildman–Crippen MR) is 60.2 cm³/mol. The average molecular weight is 234 g/mol. The molecule has 17 heavy (non-hydrogen) atoms. The van der Waals surface area contributed by atoms with Crippen molar-refractivity contribution in [1.82, 2.24) is 15.6 Å². The van der Waals surface area contributed by atoms with Gasteiger partial charge in [0, 0.05) is 0 Å². The van der Waals surface area contributed by atoms with Crippen LogP contribution in [0.4, 0.5) is 0 Å². The van der Waals surface area contributed by atoms with Gasteiger partial charge in [0.15, 0.2) is 6.61 Å². The number of hydrogen-bond acceptors (Lipinski definition) is 5. The van der Waals surface area contributed by atoms with Crippen molar-refractivity contribution in [3.63, 3.8) is 0 Å². The number of nitrogens with zero attached hydrogens (tertiary/aromatic N) is 1. The summed E-state index contributed by atoms with van der Waals surface area (Å²) in [4.78, 5) is 22.4. The summed E-state index contributed by atoms with van der Waals surface area (Å²) in [6.45, 7) is -0.264. The molecule has 2 rings (SSSR count). The first-order valence-electron chi connectivity index (χ1n) is 4.82. The Balaban J connectivity index is 2.38. The van der Waals surface area contributed by atoms with Crippen molar-refractivity contribution >= 4 is 16.7 Å². The number of hydrazine groups is 1. The topological polar surface area (TPSA) is 110 Å². The maximum Gasteiger partial charge on any atom is 0.272 e. The molecule has 0 bridgehead atoms. The smallest absolute Gasteiger partial charge is 0.272 e. The summed E-state index contributed by atoms with van der Waals surface area (Å²) in [5, 5.41) is 7.02. The van der Waals surface area contributed by atoms with Crippen LogP contribution in [0.5, 0.6) is 5.88 Å². The lowest BCUT2D eigenvalue weighted by Gasteiger charge is -2.06. The molecule has 0 radical (unpaired) electrons. The van der Waals surface area contributed by atoms with Crippen LogP contribution in [0.1, 0.15) is 0 Å². The third-order valence-electron chi connectivity index (χ3n) is 2.16. The lowest BCUT2D eigenvalue weighted by Crippen LogP contribution is -2.34. The molecular formula is C10H10N4O3. The molecule has 0 saturated heterocycles. The number of rotatable bonds is 3. The van der Waals surface area contributed by atoms with Crippen LogP contribution in [-0.4, -0.2) is 22.7 Å². The van der Waals surface area contributed by atoms with E-state index in [1.54, 1.807) is 24.3 Å². The van der Waals surface area contributed by atoms with E-state index in [1.165, 1.54) is 0 Å². The van der Waals surface area contributed by atoms with Gasteiger partial charge in [0.2, 0.25) is 5.88 Å². The van der Waals surface area contributed by atoms with Crippen molar-refractivity contribution < 1.29 is 9.53 Å². The normalized spacial score (nSPS) is 10.2. The summed E-state index contributed by atoms with van der Waals surface area (Å²) in [6.07, 6.45) is 0. The van der Waals surface area contributed by atoms with Crippen molar-refractivity contribution in [1.29, 1.82) is 0 Å². The number of H-pyrrole nitrogens is 1. The van der Waals surface area contributed by atoms with Crippen LogP contribution in [0.25, 0.3) is 10.8 Å². The minimum absolute atomic E-state index is 0.184. The summed E-state index contributed by atoms with van der Waals surface area (Å²) >= 11 is 0. The number of fused-ring (bicyclic) bond motifs is 1. The first kappa shape index (κ1) is 11.1. The van der Waals surface area contributed by atoms with Gasteiger partial charge in [-0.1, -0.05) is 12.1 Å². The highest BCUT2D eigenvalue weighted by atomic mass is 16.5. The maximum absolute atomic E-state index is 11.5.